The molecule has 0 atom stereocenters. The number of aryl methyl sites for hydroxylation is 1. The van der Waals surface area contributed by atoms with Gasteiger partial charge >= 0.3 is 5.97 Å². The van der Waals surface area contributed by atoms with Crippen LogP contribution < -0.4 is 4.74 Å². The van der Waals surface area contributed by atoms with E-state index in [-0.39, 0.29) is 12.7 Å². The lowest BCUT2D eigenvalue weighted by molar-refractivity contribution is -0.149. The Hall–Kier alpha value is -3.26. The van der Waals surface area contributed by atoms with Gasteiger partial charge in [-0.1, -0.05) is 29.8 Å². The van der Waals surface area contributed by atoms with Crippen LogP contribution in [0.25, 0.3) is 11.4 Å². The molecule has 0 fully saturated rings. The van der Waals surface area contributed by atoms with E-state index < -0.39 is 5.97 Å². The average molecular weight is 410 g/mol. The third kappa shape index (κ3) is 5.61. The summed E-state index contributed by atoms with van der Waals surface area (Å²) in [6, 6.07) is 15.2. The molecule has 0 unspecified atom stereocenters. The third-order valence-corrected chi connectivity index (χ3v) is 4.15. The molecule has 1 heterocycles. The number of benzene rings is 2. The Labute approximate surface area is 174 Å². The van der Waals surface area contributed by atoms with Crippen LogP contribution in [0.2, 0.25) is 0 Å². The van der Waals surface area contributed by atoms with Crippen molar-refractivity contribution in [1.29, 1.82) is 0 Å². The number of rotatable bonds is 7. The molecule has 0 spiro atoms. The molecule has 29 heavy (non-hydrogen) atoms. The monoisotopic (exact) mass is 410 g/mol. The average Bonchev–Trinajstić information content (AvgIpc) is 3.06. The van der Waals surface area contributed by atoms with Crippen molar-refractivity contribution in [2.75, 3.05) is 6.61 Å². The lowest BCUT2D eigenvalue weighted by Gasteiger charge is -2.09. The van der Waals surface area contributed by atoms with Crippen molar-refractivity contribution in [3.05, 3.63) is 64.4 Å². The van der Waals surface area contributed by atoms with E-state index in [2.05, 4.69) is 15.3 Å². The Balaban J connectivity index is 1.69. The number of H-pyrrole nitrogens is 1. The van der Waals surface area contributed by atoms with Gasteiger partial charge in [-0.3, -0.25) is 0 Å². The van der Waals surface area contributed by atoms with Gasteiger partial charge in [-0.15, -0.1) is 0 Å². The summed E-state index contributed by atoms with van der Waals surface area (Å²) in [5.74, 6) is 0.807. The molecule has 3 aromatic rings. The van der Waals surface area contributed by atoms with Crippen molar-refractivity contribution in [2.45, 2.75) is 26.9 Å². The zero-order valence-corrected chi connectivity index (χ0v) is 17.3. The Kier molecular flexibility index (Phi) is 6.56. The van der Waals surface area contributed by atoms with E-state index in [0.717, 1.165) is 16.7 Å². The van der Waals surface area contributed by atoms with Crippen LogP contribution in [0, 0.1) is 11.7 Å². The topological polar surface area (TPSA) is 81.5 Å². The van der Waals surface area contributed by atoms with Crippen molar-refractivity contribution >= 4 is 24.4 Å². The van der Waals surface area contributed by atoms with E-state index in [4.69, 9.17) is 21.7 Å². The van der Waals surface area contributed by atoms with Crippen molar-refractivity contribution in [1.82, 2.24) is 14.9 Å². The first-order valence-electron chi connectivity index (χ1n) is 9.13. The molecule has 1 aromatic heterocycles. The minimum absolute atomic E-state index is 0.129. The number of aromatic nitrogens is 3. The smallest absolute Gasteiger partial charge is 0.344 e. The van der Waals surface area contributed by atoms with Crippen LogP contribution >= 0.6 is 12.2 Å². The summed E-state index contributed by atoms with van der Waals surface area (Å²) in [4.78, 5) is 11.5. The van der Waals surface area contributed by atoms with Gasteiger partial charge in [-0.05, 0) is 62.8 Å². The van der Waals surface area contributed by atoms with Crippen LogP contribution in [0.15, 0.2) is 53.6 Å². The van der Waals surface area contributed by atoms with Crippen molar-refractivity contribution in [3.8, 4) is 17.1 Å². The fourth-order valence-corrected chi connectivity index (χ4v) is 2.68. The Bertz CT molecular complexity index is 1050. The van der Waals surface area contributed by atoms with E-state index in [9.17, 15) is 4.79 Å². The number of carbonyl (C=O) groups excluding carboxylic acids is 1. The van der Waals surface area contributed by atoms with Crippen molar-refractivity contribution < 1.29 is 14.3 Å². The minimum Gasteiger partial charge on any atom is -0.482 e. The highest BCUT2D eigenvalue weighted by Gasteiger charge is 2.08. The summed E-state index contributed by atoms with van der Waals surface area (Å²) >= 11 is 5.29. The van der Waals surface area contributed by atoms with Crippen LogP contribution in [-0.2, 0) is 9.53 Å². The van der Waals surface area contributed by atoms with Gasteiger partial charge < -0.3 is 9.47 Å². The number of ether oxygens (including phenoxy) is 2. The van der Waals surface area contributed by atoms with Crippen LogP contribution in [0.4, 0.5) is 0 Å². The second kappa shape index (κ2) is 9.29. The number of esters is 1. The molecule has 3 rings (SSSR count). The molecule has 150 valence electrons. The minimum atomic E-state index is -0.399. The summed E-state index contributed by atoms with van der Waals surface area (Å²) in [5.41, 5.74) is 2.93. The van der Waals surface area contributed by atoms with Gasteiger partial charge in [0, 0.05) is 5.56 Å². The summed E-state index contributed by atoms with van der Waals surface area (Å²) < 4.78 is 12.4. The second-order valence-electron chi connectivity index (χ2n) is 6.67. The molecule has 8 heteroatoms. The summed E-state index contributed by atoms with van der Waals surface area (Å²) in [7, 11) is 0. The van der Waals surface area contributed by atoms with Gasteiger partial charge in [0.15, 0.2) is 12.4 Å². The molecule has 2 aromatic carbocycles. The number of aromatic amines is 1. The second-order valence-corrected chi connectivity index (χ2v) is 7.06. The molecular weight excluding hydrogens is 388 g/mol. The molecule has 0 aliphatic heterocycles. The van der Waals surface area contributed by atoms with Crippen LogP contribution in [0.1, 0.15) is 25.0 Å². The first-order chi connectivity index (χ1) is 13.9. The van der Waals surface area contributed by atoms with Gasteiger partial charge in [0.05, 0.1) is 12.3 Å². The maximum atomic E-state index is 11.5. The highest BCUT2D eigenvalue weighted by atomic mass is 32.1. The van der Waals surface area contributed by atoms with E-state index in [1.807, 2.05) is 43.3 Å². The molecule has 0 radical (unpaired) electrons. The Morgan fingerprint density at radius 1 is 1.21 bits per heavy atom. The van der Waals surface area contributed by atoms with Crippen molar-refractivity contribution in [3.63, 3.8) is 0 Å². The van der Waals surface area contributed by atoms with Gasteiger partial charge in [-0.25, -0.2) is 9.89 Å². The predicted octanol–water partition coefficient (Wildman–Crippen LogP) is 4.13. The highest BCUT2D eigenvalue weighted by molar-refractivity contribution is 7.71. The normalized spacial score (nSPS) is 11.2. The summed E-state index contributed by atoms with van der Waals surface area (Å²) in [5, 5.41) is 11.5. The summed E-state index contributed by atoms with van der Waals surface area (Å²) in [6.07, 6.45) is 1.52. The zero-order chi connectivity index (χ0) is 20.8. The number of nitrogens with one attached hydrogen (secondary N) is 1. The molecule has 0 aliphatic rings. The molecule has 0 saturated heterocycles. The first-order valence-corrected chi connectivity index (χ1v) is 9.54. The molecule has 7 nitrogen and oxygen atoms in total. The molecule has 0 saturated carbocycles. The van der Waals surface area contributed by atoms with Crippen LogP contribution in [0.5, 0.6) is 5.75 Å². The largest absolute Gasteiger partial charge is 0.482 e. The quantitative estimate of drug-likeness (QED) is 0.360. The Morgan fingerprint density at radius 2 is 1.90 bits per heavy atom. The van der Waals surface area contributed by atoms with E-state index in [1.54, 1.807) is 36.9 Å². The fourth-order valence-electron chi connectivity index (χ4n) is 2.50. The van der Waals surface area contributed by atoms with Crippen LogP contribution in [-0.4, -0.2) is 39.8 Å². The molecular formula is C21H22N4O3S. The van der Waals surface area contributed by atoms with Gasteiger partial charge in [0.25, 0.3) is 0 Å². The van der Waals surface area contributed by atoms with Gasteiger partial charge in [-0.2, -0.15) is 14.9 Å². The Morgan fingerprint density at radius 3 is 2.55 bits per heavy atom. The number of nitrogens with zero attached hydrogens (tertiary/aromatic N) is 3. The standard InChI is InChI=1S/C21H22N4O3S/c1-14(2)28-19(26)13-27-18-10-6-16(7-11-18)12-22-25-20(23-24-21(25)29)17-8-4-15(3)5-9-17/h4-12,14H,13H2,1-3H3,(H,24,29). The third-order valence-electron chi connectivity index (χ3n) is 3.89. The number of hydrogen-bond donors (Lipinski definition) is 1. The highest BCUT2D eigenvalue weighted by Crippen LogP contribution is 2.18. The summed E-state index contributed by atoms with van der Waals surface area (Å²) in [6.45, 7) is 5.49. The molecule has 1 N–H and O–H groups in total. The maximum absolute atomic E-state index is 11.5. The number of carbonyl (C=O) groups is 1. The molecule has 0 amide bonds. The van der Waals surface area contributed by atoms with E-state index >= 15 is 0 Å². The zero-order valence-electron chi connectivity index (χ0n) is 16.5. The lowest BCUT2D eigenvalue weighted by Crippen LogP contribution is -2.18. The number of hydrogen-bond acceptors (Lipinski definition) is 6. The van der Waals surface area contributed by atoms with Gasteiger partial charge in [0.2, 0.25) is 4.77 Å². The predicted molar refractivity (Wildman–Crippen MR) is 114 cm³/mol. The molecule has 0 bridgehead atoms. The maximum Gasteiger partial charge on any atom is 0.344 e. The van der Waals surface area contributed by atoms with Crippen molar-refractivity contribution in [2.24, 2.45) is 5.10 Å². The van der Waals surface area contributed by atoms with Gasteiger partial charge in [0.1, 0.15) is 5.75 Å². The molecule has 0 aliphatic carbocycles. The fraction of sp³-hybridized carbons (Fsp3) is 0.238. The van der Waals surface area contributed by atoms with E-state index in [1.165, 1.54) is 0 Å². The first kappa shape index (κ1) is 20.5. The van der Waals surface area contributed by atoms with Crippen LogP contribution in [0.3, 0.4) is 0 Å². The van der Waals surface area contributed by atoms with E-state index in [0.29, 0.717) is 16.3 Å². The SMILES string of the molecule is Cc1ccc(-c2n[nH]c(=S)n2N=Cc2ccc(OCC(=O)OC(C)C)cc2)cc1. The lowest BCUT2D eigenvalue weighted by atomic mass is 10.1.